The maximum atomic E-state index is 12.3. The highest BCUT2D eigenvalue weighted by Gasteiger charge is 2.34. The number of aromatic nitrogens is 2. The zero-order chi connectivity index (χ0) is 20.5. The smallest absolute Gasteiger partial charge is 0.234 e. The number of likely N-dealkylation sites (tertiary alicyclic amines) is 1. The van der Waals surface area contributed by atoms with Crippen LogP contribution in [0.5, 0.6) is 5.75 Å². The van der Waals surface area contributed by atoms with E-state index in [9.17, 15) is 9.59 Å². The highest BCUT2D eigenvalue weighted by Crippen LogP contribution is 2.31. The molecule has 2 amide bonds. The van der Waals surface area contributed by atoms with Crippen molar-refractivity contribution >= 4 is 34.3 Å². The van der Waals surface area contributed by atoms with E-state index in [4.69, 9.17) is 20.9 Å². The number of hydrogen-bond acceptors (Lipinski definition) is 5. The predicted octanol–water partition coefficient (Wildman–Crippen LogP) is 2.79. The first kappa shape index (κ1) is 19.3. The predicted molar refractivity (Wildman–Crippen MR) is 106 cm³/mol. The number of carbonyl (C=O) groups excluding carboxylic acids is 2. The molecule has 0 unspecified atom stereocenters. The van der Waals surface area contributed by atoms with Crippen molar-refractivity contribution in [3.8, 4) is 5.75 Å². The minimum absolute atomic E-state index is 0.130. The van der Waals surface area contributed by atoms with Crippen LogP contribution in [0.3, 0.4) is 0 Å². The molecule has 0 radical (unpaired) electrons. The summed E-state index contributed by atoms with van der Waals surface area (Å²) in [5, 5.41) is 8.03. The Morgan fingerprint density at radius 3 is 2.93 bits per heavy atom. The number of carbonyl (C=O) groups is 2. The number of nitrogens with one attached hydrogen (secondary N) is 2. The molecular weight excluding hydrogens is 396 g/mol. The summed E-state index contributed by atoms with van der Waals surface area (Å²) in [6.07, 6.45) is 0.550. The van der Waals surface area contributed by atoms with Gasteiger partial charge in [-0.25, -0.2) is 0 Å². The normalized spacial score (nSPS) is 16.6. The number of benzene rings is 1. The van der Waals surface area contributed by atoms with Crippen LogP contribution in [0.2, 0.25) is 5.02 Å². The van der Waals surface area contributed by atoms with Gasteiger partial charge in [-0.2, -0.15) is 0 Å². The number of hydrogen-bond donors (Lipinski definition) is 2. The van der Waals surface area contributed by atoms with Gasteiger partial charge in [-0.1, -0.05) is 16.8 Å². The second kappa shape index (κ2) is 7.79. The van der Waals surface area contributed by atoms with Gasteiger partial charge in [0.05, 0.1) is 17.3 Å². The Bertz CT molecular complexity index is 1070. The summed E-state index contributed by atoms with van der Waals surface area (Å²) in [5.74, 6) is 0.154. The third kappa shape index (κ3) is 4.07. The van der Waals surface area contributed by atoms with Crippen molar-refractivity contribution in [2.45, 2.75) is 26.5 Å². The summed E-state index contributed by atoms with van der Waals surface area (Å²) in [6.45, 7) is 2.97. The van der Waals surface area contributed by atoms with Crippen molar-refractivity contribution < 1.29 is 18.8 Å². The van der Waals surface area contributed by atoms with E-state index in [0.29, 0.717) is 36.0 Å². The highest BCUT2D eigenvalue weighted by atomic mass is 35.5. The van der Waals surface area contributed by atoms with E-state index in [1.807, 2.05) is 19.1 Å². The molecule has 4 rings (SSSR count). The minimum atomic E-state index is -0.599. The molecule has 2 N–H and O–H groups in total. The standard InChI is InChI=1S/C20H21ClN4O4/c1-11-5-14(29-24-11)10-28-18-8-17-12(7-16(18)21)6-13(23-17)9-22-19(26)15-3-4-25(2)20(15)27/h5-8,15,23H,3-4,9-10H2,1-2H3,(H,22,26)/t15-/m1/s1. The lowest BCUT2D eigenvalue weighted by Gasteiger charge is -2.10. The summed E-state index contributed by atoms with van der Waals surface area (Å²) in [4.78, 5) is 29.1. The molecule has 0 bridgehead atoms. The number of amides is 2. The lowest BCUT2D eigenvalue weighted by atomic mass is 10.1. The van der Waals surface area contributed by atoms with Crippen molar-refractivity contribution in [1.82, 2.24) is 20.4 Å². The molecule has 1 aromatic carbocycles. The van der Waals surface area contributed by atoms with Crippen LogP contribution in [0.25, 0.3) is 10.9 Å². The Labute approximate surface area is 172 Å². The average Bonchev–Trinajstić information content (AvgIpc) is 3.37. The van der Waals surface area contributed by atoms with Crippen molar-refractivity contribution in [2.24, 2.45) is 5.92 Å². The first-order chi connectivity index (χ1) is 13.9. The van der Waals surface area contributed by atoms with Crippen molar-refractivity contribution in [2.75, 3.05) is 13.6 Å². The van der Waals surface area contributed by atoms with Gasteiger partial charge in [-0.05, 0) is 25.5 Å². The van der Waals surface area contributed by atoms with Gasteiger partial charge in [0.1, 0.15) is 18.3 Å². The van der Waals surface area contributed by atoms with Crippen molar-refractivity contribution in [3.63, 3.8) is 0 Å². The van der Waals surface area contributed by atoms with Crippen LogP contribution < -0.4 is 10.1 Å². The van der Waals surface area contributed by atoms with Crippen LogP contribution in [-0.4, -0.2) is 40.4 Å². The maximum absolute atomic E-state index is 12.3. The van der Waals surface area contributed by atoms with Crippen molar-refractivity contribution in [3.05, 3.63) is 46.4 Å². The SMILES string of the molecule is Cc1cc(COc2cc3[nH]c(CNC(=O)[C@H]4CCN(C)C4=O)cc3cc2Cl)on1. The molecule has 9 heteroatoms. The van der Waals surface area contributed by atoms with Crippen LogP contribution in [0.4, 0.5) is 0 Å². The molecule has 152 valence electrons. The summed E-state index contributed by atoms with van der Waals surface area (Å²) < 4.78 is 10.9. The third-order valence-corrected chi connectivity index (χ3v) is 5.27. The van der Waals surface area contributed by atoms with E-state index >= 15 is 0 Å². The van der Waals surface area contributed by atoms with Gasteiger partial charge >= 0.3 is 0 Å². The molecule has 0 aliphatic carbocycles. The number of ether oxygens (including phenoxy) is 1. The molecule has 8 nitrogen and oxygen atoms in total. The quantitative estimate of drug-likeness (QED) is 0.602. The molecular formula is C20H21ClN4O4. The molecule has 3 heterocycles. The van der Waals surface area contributed by atoms with Gasteiger partial charge < -0.3 is 24.5 Å². The molecule has 0 spiro atoms. The zero-order valence-corrected chi connectivity index (χ0v) is 16.9. The molecule has 29 heavy (non-hydrogen) atoms. The fourth-order valence-corrected chi connectivity index (χ4v) is 3.63. The van der Waals surface area contributed by atoms with E-state index in [1.165, 1.54) is 0 Å². The number of aromatic amines is 1. The van der Waals surface area contributed by atoms with E-state index in [1.54, 1.807) is 24.1 Å². The molecule has 1 atom stereocenters. The van der Waals surface area contributed by atoms with Gasteiger partial charge in [-0.3, -0.25) is 9.59 Å². The monoisotopic (exact) mass is 416 g/mol. The van der Waals surface area contributed by atoms with Crippen LogP contribution in [-0.2, 0) is 22.7 Å². The molecule has 1 aliphatic rings. The van der Waals surface area contributed by atoms with Crippen LogP contribution in [0, 0.1) is 12.8 Å². The number of H-pyrrole nitrogens is 1. The number of aryl methyl sites for hydroxylation is 1. The largest absolute Gasteiger partial charge is 0.484 e. The molecule has 1 fully saturated rings. The fraction of sp³-hybridized carbons (Fsp3) is 0.350. The lowest BCUT2D eigenvalue weighted by molar-refractivity contribution is -0.137. The van der Waals surface area contributed by atoms with Crippen molar-refractivity contribution in [1.29, 1.82) is 0 Å². The maximum Gasteiger partial charge on any atom is 0.234 e. The van der Waals surface area contributed by atoms with Gasteiger partial charge in [-0.15, -0.1) is 0 Å². The Morgan fingerprint density at radius 2 is 2.24 bits per heavy atom. The van der Waals surface area contributed by atoms with Crippen LogP contribution in [0.1, 0.15) is 23.6 Å². The topological polar surface area (TPSA) is 100 Å². The second-order valence-corrected chi connectivity index (χ2v) is 7.61. The summed E-state index contributed by atoms with van der Waals surface area (Å²) in [6, 6.07) is 7.32. The Kier molecular flexibility index (Phi) is 5.19. The first-order valence-electron chi connectivity index (χ1n) is 9.29. The molecule has 3 aromatic rings. The van der Waals surface area contributed by atoms with Gasteiger partial charge in [0, 0.05) is 42.3 Å². The summed E-state index contributed by atoms with van der Waals surface area (Å²) in [5.41, 5.74) is 2.43. The highest BCUT2D eigenvalue weighted by molar-refractivity contribution is 6.32. The van der Waals surface area contributed by atoms with E-state index in [2.05, 4.69) is 15.5 Å². The Hall–Kier alpha value is -3.00. The van der Waals surface area contributed by atoms with Gasteiger partial charge in [0.2, 0.25) is 11.8 Å². The number of halogens is 1. The lowest BCUT2D eigenvalue weighted by Crippen LogP contribution is -2.35. The van der Waals surface area contributed by atoms with E-state index < -0.39 is 5.92 Å². The summed E-state index contributed by atoms with van der Waals surface area (Å²) in [7, 11) is 1.71. The molecule has 1 saturated heterocycles. The molecule has 2 aromatic heterocycles. The Morgan fingerprint density at radius 1 is 1.41 bits per heavy atom. The molecule has 0 saturated carbocycles. The van der Waals surface area contributed by atoms with Crippen LogP contribution in [0.15, 0.2) is 28.8 Å². The first-order valence-corrected chi connectivity index (χ1v) is 9.67. The third-order valence-electron chi connectivity index (χ3n) is 4.97. The van der Waals surface area contributed by atoms with E-state index in [-0.39, 0.29) is 18.4 Å². The Balaban J connectivity index is 1.42. The minimum Gasteiger partial charge on any atom is -0.484 e. The van der Waals surface area contributed by atoms with Crippen LogP contribution >= 0.6 is 11.6 Å². The second-order valence-electron chi connectivity index (χ2n) is 7.21. The van der Waals surface area contributed by atoms with Gasteiger partial charge in [0.15, 0.2) is 5.76 Å². The molecule has 1 aliphatic heterocycles. The number of nitrogens with zero attached hydrogens (tertiary/aromatic N) is 2. The summed E-state index contributed by atoms with van der Waals surface area (Å²) >= 11 is 6.33. The zero-order valence-electron chi connectivity index (χ0n) is 16.1. The van der Waals surface area contributed by atoms with E-state index in [0.717, 1.165) is 22.3 Å². The van der Waals surface area contributed by atoms with Gasteiger partial charge in [0.25, 0.3) is 0 Å². The number of rotatable bonds is 6. The average molecular weight is 417 g/mol. The number of fused-ring (bicyclic) bond motifs is 1. The fourth-order valence-electron chi connectivity index (χ4n) is 3.40.